The molecule has 0 saturated carbocycles. The van der Waals surface area contributed by atoms with Crippen LogP contribution in [-0.2, 0) is 9.53 Å². The molecule has 0 aromatic carbocycles. The van der Waals surface area contributed by atoms with E-state index in [0.717, 1.165) is 45.2 Å². The molecule has 1 aromatic heterocycles. The Hall–Kier alpha value is -1.73. The molecule has 144 valence electrons. The van der Waals surface area contributed by atoms with Gasteiger partial charge in [0.15, 0.2) is 0 Å². The number of anilines is 1. The average Bonchev–Trinajstić information content (AvgIpc) is 2.61. The van der Waals surface area contributed by atoms with Gasteiger partial charge in [0, 0.05) is 51.7 Å². The third-order valence-corrected chi connectivity index (χ3v) is 5.15. The summed E-state index contributed by atoms with van der Waals surface area (Å²) in [6, 6.07) is 1.74. The van der Waals surface area contributed by atoms with Crippen molar-refractivity contribution in [2.45, 2.75) is 45.9 Å². The number of nitrogens with zero attached hydrogens (tertiary/aromatic N) is 5. The van der Waals surface area contributed by atoms with Crippen molar-refractivity contribution < 1.29 is 9.53 Å². The van der Waals surface area contributed by atoms with Crippen LogP contribution < -0.4 is 4.90 Å². The molecule has 0 spiro atoms. The van der Waals surface area contributed by atoms with Crippen LogP contribution in [0.3, 0.4) is 0 Å². The molecule has 3 atom stereocenters. The minimum absolute atomic E-state index is 0.0803. The van der Waals surface area contributed by atoms with E-state index in [4.69, 9.17) is 4.74 Å². The van der Waals surface area contributed by atoms with Gasteiger partial charge in [-0.2, -0.15) is 0 Å². The summed E-state index contributed by atoms with van der Waals surface area (Å²) in [4.78, 5) is 28.4. The highest BCUT2D eigenvalue weighted by atomic mass is 16.5. The maximum Gasteiger partial charge on any atom is 0.240 e. The fraction of sp³-hybridized carbons (Fsp3) is 0.737. The maximum absolute atomic E-state index is 13.3. The molecule has 2 fully saturated rings. The second-order valence-corrected chi connectivity index (χ2v) is 7.76. The zero-order valence-electron chi connectivity index (χ0n) is 16.3. The van der Waals surface area contributed by atoms with Crippen LogP contribution in [0.4, 0.5) is 5.95 Å². The summed E-state index contributed by atoms with van der Waals surface area (Å²) in [6.07, 6.45) is 3.85. The lowest BCUT2D eigenvalue weighted by atomic mass is 9.98. The normalized spacial score (nSPS) is 26.2. The first-order chi connectivity index (χ1) is 12.5. The van der Waals surface area contributed by atoms with Gasteiger partial charge in [-0.15, -0.1) is 0 Å². The molecule has 0 radical (unpaired) electrons. The first kappa shape index (κ1) is 19.0. The summed E-state index contributed by atoms with van der Waals surface area (Å²) in [5, 5.41) is 0. The zero-order valence-corrected chi connectivity index (χ0v) is 16.3. The Morgan fingerprint density at radius 2 is 1.65 bits per heavy atom. The summed E-state index contributed by atoms with van der Waals surface area (Å²) in [5.74, 6) is 1.27. The second-order valence-electron chi connectivity index (χ2n) is 7.76. The van der Waals surface area contributed by atoms with Gasteiger partial charge in [-0.05, 0) is 25.8 Å². The van der Waals surface area contributed by atoms with Crippen molar-refractivity contribution in [3.05, 3.63) is 18.5 Å². The van der Waals surface area contributed by atoms with E-state index in [1.807, 2.05) is 11.0 Å². The monoisotopic (exact) mass is 361 g/mol. The average molecular weight is 361 g/mol. The largest absolute Gasteiger partial charge is 0.373 e. The molecule has 3 rings (SSSR count). The van der Waals surface area contributed by atoms with E-state index >= 15 is 0 Å². The topological polar surface area (TPSA) is 61.8 Å². The molecule has 2 aliphatic heterocycles. The maximum atomic E-state index is 13.3. The third kappa shape index (κ3) is 4.32. The standard InChI is InChI=1S/C19H31N5O2/c1-14(2)17(24-12-15(3)26-16(4)13-24)18(25)22-8-10-23(11-9-22)19-20-6-5-7-21-19/h5-7,14-17H,8-13H2,1-4H3/t15-,16+,17-/m1/s1. The van der Waals surface area contributed by atoms with E-state index < -0.39 is 0 Å². The summed E-state index contributed by atoms with van der Waals surface area (Å²) >= 11 is 0. The molecular formula is C19H31N5O2. The van der Waals surface area contributed by atoms with Crippen molar-refractivity contribution in [1.29, 1.82) is 0 Å². The van der Waals surface area contributed by atoms with Crippen LogP contribution in [0.1, 0.15) is 27.7 Å². The molecule has 3 heterocycles. The summed E-state index contributed by atoms with van der Waals surface area (Å²) in [6.45, 7) is 13.1. The molecule has 2 aliphatic rings. The lowest BCUT2D eigenvalue weighted by molar-refractivity contribution is -0.145. The number of piperazine rings is 1. The summed E-state index contributed by atoms with van der Waals surface area (Å²) in [7, 11) is 0. The van der Waals surface area contributed by atoms with Crippen LogP contribution in [0, 0.1) is 5.92 Å². The predicted octanol–water partition coefficient (Wildman–Crippen LogP) is 1.26. The van der Waals surface area contributed by atoms with Crippen LogP contribution in [0.5, 0.6) is 0 Å². The molecule has 26 heavy (non-hydrogen) atoms. The van der Waals surface area contributed by atoms with Crippen LogP contribution in [0.2, 0.25) is 0 Å². The number of hydrogen-bond donors (Lipinski definition) is 0. The molecular weight excluding hydrogens is 330 g/mol. The summed E-state index contributed by atoms with van der Waals surface area (Å²) < 4.78 is 5.85. The molecule has 7 nitrogen and oxygen atoms in total. The van der Waals surface area contributed by atoms with Crippen LogP contribution >= 0.6 is 0 Å². The van der Waals surface area contributed by atoms with Gasteiger partial charge in [0.25, 0.3) is 0 Å². The van der Waals surface area contributed by atoms with E-state index in [0.29, 0.717) is 0 Å². The van der Waals surface area contributed by atoms with E-state index in [1.54, 1.807) is 12.4 Å². The van der Waals surface area contributed by atoms with Crippen molar-refractivity contribution in [3.63, 3.8) is 0 Å². The number of morpholine rings is 1. The smallest absolute Gasteiger partial charge is 0.240 e. The Kier molecular flexibility index (Phi) is 6.09. The van der Waals surface area contributed by atoms with Crippen molar-refractivity contribution in [2.75, 3.05) is 44.2 Å². The molecule has 7 heteroatoms. The van der Waals surface area contributed by atoms with Gasteiger partial charge in [-0.3, -0.25) is 9.69 Å². The molecule has 2 saturated heterocycles. The number of aromatic nitrogens is 2. The van der Waals surface area contributed by atoms with Crippen molar-refractivity contribution >= 4 is 11.9 Å². The van der Waals surface area contributed by atoms with Gasteiger partial charge < -0.3 is 14.5 Å². The Balaban J connectivity index is 1.63. The SMILES string of the molecule is CC(C)[C@H](C(=O)N1CCN(c2ncccn2)CC1)N1C[C@@H](C)O[C@@H](C)C1. The molecule has 1 aromatic rings. The van der Waals surface area contributed by atoms with E-state index in [2.05, 4.69) is 47.5 Å². The van der Waals surface area contributed by atoms with Gasteiger partial charge in [-0.25, -0.2) is 9.97 Å². The first-order valence-corrected chi connectivity index (χ1v) is 9.66. The van der Waals surface area contributed by atoms with E-state index in [-0.39, 0.29) is 30.1 Å². The predicted molar refractivity (Wildman–Crippen MR) is 101 cm³/mol. The summed E-state index contributed by atoms with van der Waals surface area (Å²) in [5.41, 5.74) is 0. The third-order valence-electron chi connectivity index (χ3n) is 5.15. The Morgan fingerprint density at radius 3 is 2.19 bits per heavy atom. The van der Waals surface area contributed by atoms with E-state index in [9.17, 15) is 4.79 Å². The minimum Gasteiger partial charge on any atom is -0.373 e. The number of carbonyl (C=O) groups excluding carboxylic acids is 1. The molecule has 0 unspecified atom stereocenters. The molecule has 0 bridgehead atoms. The Labute approximate surface area is 156 Å². The minimum atomic E-state index is -0.0803. The van der Waals surface area contributed by atoms with Gasteiger partial charge in [0.05, 0.1) is 18.2 Å². The van der Waals surface area contributed by atoms with E-state index in [1.165, 1.54) is 0 Å². The molecule has 0 N–H and O–H groups in total. The highest BCUT2D eigenvalue weighted by Gasteiger charge is 2.37. The highest BCUT2D eigenvalue weighted by Crippen LogP contribution is 2.21. The van der Waals surface area contributed by atoms with Gasteiger partial charge >= 0.3 is 0 Å². The second kappa shape index (κ2) is 8.31. The van der Waals surface area contributed by atoms with Crippen molar-refractivity contribution in [1.82, 2.24) is 19.8 Å². The van der Waals surface area contributed by atoms with Gasteiger partial charge in [0.2, 0.25) is 11.9 Å². The number of carbonyl (C=O) groups is 1. The zero-order chi connectivity index (χ0) is 18.7. The highest BCUT2D eigenvalue weighted by molar-refractivity contribution is 5.82. The van der Waals surface area contributed by atoms with Gasteiger partial charge in [-0.1, -0.05) is 13.8 Å². The molecule has 0 aliphatic carbocycles. The van der Waals surface area contributed by atoms with Crippen molar-refractivity contribution in [3.8, 4) is 0 Å². The fourth-order valence-corrected chi connectivity index (χ4v) is 4.08. The number of hydrogen-bond acceptors (Lipinski definition) is 6. The lowest BCUT2D eigenvalue weighted by Gasteiger charge is -2.44. The lowest BCUT2D eigenvalue weighted by Crippen LogP contribution is -2.60. The number of amides is 1. The first-order valence-electron chi connectivity index (χ1n) is 9.66. The quantitative estimate of drug-likeness (QED) is 0.805. The van der Waals surface area contributed by atoms with Crippen LogP contribution in [-0.4, -0.2) is 83.2 Å². The Bertz CT molecular complexity index is 579. The van der Waals surface area contributed by atoms with Gasteiger partial charge in [0.1, 0.15) is 0 Å². The number of rotatable bonds is 4. The molecule has 1 amide bonds. The van der Waals surface area contributed by atoms with Crippen molar-refractivity contribution in [2.24, 2.45) is 5.92 Å². The van der Waals surface area contributed by atoms with Crippen LogP contribution in [0.25, 0.3) is 0 Å². The Morgan fingerprint density at radius 1 is 1.08 bits per heavy atom. The number of ether oxygens (including phenoxy) is 1. The van der Waals surface area contributed by atoms with Crippen LogP contribution in [0.15, 0.2) is 18.5 Å². The fourth-order valence-electron chi connectivity index (χ4n) is 4.08.